The van der Waals surface area contributed by atoms with Crippen LogP contribution in [0.25, 0.3) is 5.69 Å². The van der Waals surface area contributed by atoms with Gasteiger partial charge in [-0.15, -0.1) is 11.8 Å². The van der Waals surface area contributed by atoms with Gasteiger partial charge in [0.2, 0.25) is 5.89 Å². The number of benzene rings is 2. The van der Waals surface area contributed by atoms with E-state index in [-0.39, 0.29) is 5.91 Å². The Labute approximate surface area is 176 Å². The molecule has 0 aliphatic heterocycles. The van der Waals surface area contributed by atoms with Crippen LogP contribution in [0.5, 0.6) is 0 Å². The normalized spacial score (nSPS) is 10.9. The topological polar surface area (TPSA) is 85.8 Å². The fourth-order valence-corrected chi connectivity index (χ4v) is 3.83. The number of carbonyl (C=O) groups is 1. The van der Waals surface area contributed by atoms with Crippen molar-refractivity contribution in [3.8, 4) is 5.69 Å². The molecule has 0 saturated heterocycles. The van der Waals surface area contributed by atoms with E-state index in [0.29, 0.717) is 40.2 Å². The number of amides is 1. The summed E-state index contributed by atoms with van der Waals surface area (Å²) in [5, 5.41) is 6.62. The molecule has 0 aliphatic carbocycles. The van der Waals surface area contributed by atoms with Gasteiger partial charge in [-0.2, -0.15) is 4.98 Å². The standard InChI is InChI=1S/C21H18FN5O2S/c1-13-23-9-10-27(13)18-8-7-15(11-17(18)22)25-21(28)16-5-3-4-6-19(16)30-12-20-24-14(2)29-26-20/h3-11H,12H2,1-2H3,(H,25,28). The summed E-state index contributed by atoms with van der Waals surface area (Å²) in [4.78, 5) is 21.9. The number of aromatic nitrogens is 4. The second-order valence-corrected chi connectivity index (χ2v) is 7.50. The molecule has 0 spiro atoms. The Morgan fingerprint density at radius 2 is 2.07 bits per heavy atom. The molecule has 4 aromatic rings. The molecule has 1 amide bonds. The van der Waals surface area contributed by atoms with Gasteiger partial charge in [-0.25, -0.2) is 9.37 Å². The highest BCUT2D eigenvalue weighted by molar-refractivity contribution is 7.98. The first-order chi connectivity index (χ1) is 14.5. The Morgan fingerprint density at radius 1 is 1.23 bits per heavy atom. The molecule has 0 fully saturated rings. The Bertz CT molecular complexity index is 1200. The number of hydrogen-bond acceptors (Lipinski definition) is 6. The Hall–Kier alpha value is -3.46. The van der Waals surface area contributed by atoms with Crippen LogP contribution in [-0.2, 0) is 5.75 Å². The van der Waals surface area contributed by atoms with Crippen LogP contribution in [0.2, 0.25) is 0 Å². The van der Waals surface area contributed by atoms with Crippen molar-refractivity contribution in [3.05, 3.63) is 83.8 Å². The summed E-state index contributed by atoms with van der Waals surface area (Å²) >= 11 is 1.43. The van der Waals surface area contributed by atoms with E-state index in [1.54, 1.807) is 55.1 Å². The minimum Gasteiger partial charge on any atom is -0.340 e. The maximum atomic E-state index is 14.6. The van der Waals surface area contributed by atoms with E-state index >= 15 is 0 Å². The van der Waals surface area contributed by atoms with Crippen molar-refractivity contribution < 1.29 is 13.7 Å². The molecular formula is C21H18FN5O2S. The Balaban J connectivity index is 1.50. The minimum absolute atomic E-state index is 0.326. The summed E-state index contributed by atoms with van der Waals surface area (Å²) in [6.45, 7) is 3.51. The van der Waals surface area contributed by atoms with Gasteiger partial charge < -0.3 is 14.4 Å². The SMILES string of the molecule is Cc1nc(CSc2ccccc2C(=O)Nc2ccc(-n3ccnc3C)c(F)c2)no1. The number of imidazole rings is 1. The summed E-state index contributed by atoms with van der Waals surface area (Å²) in [5.41, 5.74) is 1.22. The zero-order valence-electron chi connectivity index (χ0n) is 16.3. The summed E-state index contributed by atoms with van der Waals surface area (Å²) in [5.74, 6) is 1.41. The van der Waals surface area contributed by atoms with Gasteiger partial charge in [-0.3, -0.25) is 4.79 Å². The van der Waals surface area contributed by atoms with Crippen molar-refractivity contribution in [1.82, 2.24) is 19.7 Å². The number of thioether (sulfide) groups is 1. The molecule has 9 heteroatoms. The average molecular weight is 423 g/mol. The predicted molar refractivity (Wildman–Crippen MR) is 111 cm³/mol. The molecule has 7 nitrogen and oxygen atoms in total. The molecule has 0 aliphatic rings. The summed E-state index contributed by atoms with van der Waals surface area (Å²) in [7, 11) is 0. The molecule has 0 bridgehead atoms. The van der Waals surface area contributed by atoms with E-state index in [4.69, 9.17) is 4.52 Å². The van der Waals surface area contributed by atoms with Gasteiger partial charge in [-0.05, 0) is 37.3 Å². The van der Waals surface area contributed by atoms with Crippen molar-refractivity contribution in [2.45, 2.75) is 24.5 Å². The van der Waals surface area contributed by atoms with Crippen LogP contribution in [0, 0.1) is 19.7 Å². The van der Waals surface area contributed by atoms with Crippen molar-refractivity contribution in [2.75, 3.05) is 5.32 Å². The molecule has 1 N–H and O–H groups in total. The highest BCUT2D eigenvalue weighted by atomic mass is 32.2. The van der Waals surface area contributed by atoms with Gasteiger partial charge in [0.15, 0.2) is 5.82 Å². The Kier molecular flexibility index (Phi) is 5.62. The summed E-state index contributed by atoms with van der Waals surface area (Å²) in [6.07, 6.45) is 3.29. The van der Waals surface area contributed by atoms with Gasteiger partial charge in [-0.1, -0.05) is 17.3 Å². The number of rotatable bonds is 6. The number of anilines is 1. The third-order valence-corrected chi connectivity index (χ3v) is 5.42. The van der Waals surface area contributed by atoms with Gasteiger partial charge in [0, 0.05) is 29.9 Å². The molecule has 0 radical (unpaired) electrons. The quantitative estimate of drug-likeness (QED) is 0.458. The van der Waals surface area contributed by atoms with E-state index in [1.807, 2.05) is 12.1 Å². The first-order valence-electron chi connectivity index (χ1n) is 9.13. The maximum Gasteiger partial charge on any atom is 0.256 e. The summed E-state index contributed by atoms with van der Waals surface area (Å²) < 4.78 is 21.2. The summed E-state index contributed by atoms with van der Waals surface area (Å²) in [6, 6.07) is 11.8. The van der Waals surface area contributed by atoms with Crippen LogP contribution in [0.15, 0.2) is 64.3 Å². The van der Waals surface area contributed by atoms with E-state index in [2.05, 4.69) is 20.4 Å². The van der Waals surface area contributed by atoms with Crippen LogP contribution in [0.3, 0.4) is 0 Å². The smallest absolute Gasteiger partial charge is 0.256 e. The highest BCUT2D eigenvalue weighted by Gasteiger charge is 2.15. The van der Waals surface area contributed by atoms with Crippen molar-refractivity contribution in [1.29, 1.82) is 0 Å². The molecule has 0 atom stereocenters. The molecular weight excluding hydrogens is 405 g/mol. The lowest BCUT2D eigenvalue weighted by Gasteiger charge is -2.11. The molecule has 30 heavy (non-hydrogen) atoms. The second kappa shape index (κ2) is 8.50. The first kappa shape index (κ1) is 19.8. The lowest BCUT2D eigenvalue weighted by atomic mass is 10.2. The first-order valence-corrected chi connectivity index (χ1v) is 10.1. The average Bonchev–Trinajstić information content (AvgIpc) is 3.34. The highest BCUT2D eigenvalue weighted by Crippen LogP contribution is 2.27. The van der Waals surface area contributed by atoms with Gasteiger partial charge in [0.05, 0.1) is 17.0 Å². The molecule has 152 valence electrons. The van der Waals surface area contributed by atoms with Gasteiger partial charge in [0.25, 0.3) is 5.91 Å². The van der Waals surface area contributed by atoms with Gasteiger partial charge in [0.1, 0.15) is 11.6 Å². The second-order valence-electron chi connectivity index (χ2n) is 6.48. The molecule has 0 saturated carbocycles. The van der Waals surface area contributed by atoms with Crippen LogP contribution in [0.1, 0.15) is 27.9 Å². The third kappa shape index (κ3) is 4.25. The molecule has 0 unspecified atom stereocenters. The van der Waals surface area contributed by atoms with E-state index in [9.17, 15) is 9.18 Å². The van der Waals surface area contributed by atoms with E-state index in [1.165, 1.54) is 17.8 Å². The third-order valence-electron chi connectivity index (χ3n) is 4.35. The molecule has 2 aromatic carbocycles. The number of aryl methyl sites for hydroxylation is 2. The van der Waals surface area contributed by atoms with Crippen LogP contribution in [-0.4, -0.2) is 25.6 Å². The number of nitrogens with zero attached hydrogens (tertiary/aromatic N) is 4. The minimum atomic E-state index is -0.455. The largest absolute Gasteiger partial charge is 0.340 e. The van der Waals surface area contributed by atoms with E-state index < -0.39 is 5.82 Å². The van der Waals surface area contributed by atoms with Crippen molar-refractivity contribution in [3.63, 3.8) is 0 Å². The lowest BCUT2D eigenvalue weighted by Crippen LogP contribution is -2.13. The molecule has 2 heterocycles. The zero-order chi connectivity index (χ0) is 21.1. The number of halogens is 1. The zero-order valence-corrected chi connectivity index (χ0v) is 17.1. The Morgan fingerprint density at radius 3 is 2.77 bits per heavy atom. The van der Waals surface area contributed by atoms with Gasteiger partial charge >= 0.3 is 0 Å². The fourth-order valence-electron chi connectivity index (χ4n) is 2.93. The maximum absolute atomic E-state index is 14.6. The number of hydrogen-bond donors (Lipinski definition) is 1. The van der Waals surface area contributed by atoms with Crippen molar-refractivity contribution in [2.24, 2.45) is 0 Å². The molecule has 2 aromatic heterocycles. The van der Waals surface area contributed by atoms with Crippen LogP contribution >= 0.6 is 11.8 Å². The lowest BCUT2D eigenvalue weighted by molar-refractivity contribution is 0.102. The predicted octanol–water partition coefficient (Wildman–Crippen LogP) is 4.56. The van der Waals surface area contributed by atoms with E-state index in [0.717, 1.165) is 4.90 Å². The van der Waals surface area contributed by atoms with Crippen LogP contribution < -0.4 is 5.32 Å². The molecule has 4 rings (SSSR count). The fraction of sp³-hybridized carbons (Fsp3) is 0.143. The van der Waals surface area contributed by atoms with Crippen molar-refractivity contribution >= 4 is 23.4 Å². The monoisotopic (exact) mass is 423 g/mol. The number of carbonyl (C=O) groups excluding carboxylic acids is 1. The number of nitrogens with one attached hydrogen (secondary N) is 1. The van der Waals surface area contributed by atoms with Crippen LogP contribution in [0.4, 0.5) is 10.1 Å².